The molecule has 10 rings (SSSR count). The lowest BCUT2D eigenvalue weighted by atomic mass is 9.95. The number of amides is 6. The van der Waals surface area contributed by atoms with Crippen molar-refractivity contribution in [3.63, 3.8) is 0 Å². The number of piperidine rings is 2. The molecule has 1 atom stereocenters. The van der Waals surface area contributed by atoms with Crippen molar-refractivity contribution in [2.45, 2.75) is 51.1 Å². The van der Waals surface area contributed by atoms with E-state index in [0.29, 0.717) is 66.0 Å². The smallest absolute Gasteiger partial charge is 0.255 e. The van der Waals surface area contributed by atoms with Gasteiger partial charge in [-0.1, -0.05) is 0 Å². The molecule has 0 unspecified atom stereocenters. The van der Waals surface area contributed by atoms with Gasteiger partial charge in [-0.25, -0.2) is 8.78 Å². The van der Waals surface area contributed by atoms with Crippen LogP contribution in [0.2, 0.25) is 0 Å². The van der Waals surface area contributed by atoms with E-state index in [2.05, 4.69) is 36.1 Å². The summed E-state index contributed by atoms with van der Waals surface area (Å²) in [6.07, 6.45) is 4.77. The summed E-state index contributed by atoms with van der Waals surface area (Å²) in [6.45, 7) is 5.54. The number of pyridine rings is 1. The number of benzene rings is 4. The molecule has 1 aromatic heterocycles. The fourth-order valence-corrected chi connectivity index (χ4v) is 10.1. The van der Waals surface area contributed by atoms with E-state index in [1.807, 2.05) is 17.0 Å². The van der Waals surface area contributed by atoms with Crippen LogP contribution in [0.1, 0.15) is 54.4 Å². The molecule has 1 aliphatic carbocycles. The molecule has 4 aliphatic heterocycles. The molecule has 5 heterocycles. The Hall–Kier alpha value is -7.51. The van der Waals surface area contributed by atoms with Gasteiger partial charge in [0.05, 0.1) is 30.5 Å². The van der Waals surface area contributed by atoms with Crippen molar-refractivity contribution in [3.05, 3.63) is 108 Å². The zero-order valence-electron chi connectivity index (χ0n) is 39.1. The third-order valence-corrected chi connectivity index (χ3v) is 14.3. The molecule has 5 aliphatic rings. The highest BCUT2D eigenvalue weighted by Crippen LogP contribution is 2.48. The third kappa shape index (κ3) is 9.96. The van der Waals surface area contributed by atoms with Crippen LogP contribution in [0, 0.1) is 23.0 Å². The molecule has 5 aromatic rings. The highest BCUT2D eigenvalue weighted by atomic mass is 19.1. The number of halogens is 2. The van der Waals surface area contributed by atoms with Gasteiger partial charge >= 0.3 is 0 Å². The summed E-state index contributed by atoms with van der Waals surface area (Å²) >= 11 is 0. The Morgan fingerprint density at radius 1 is 0.789 bits per heavy atom. The van der Waals surface area contributed by atoms with Crippen molar-refractivity contribution in [2.24, 2.45) is 11.3 Å². The first-order chi connectivity index (χ1) is 34.3. The van der Waals surface area contributed by atoms with E-state index in [4.69, 9.17) is 9.47 Å². The van der Waals surface area contributed by atoms with Crippen molar-refractivity contribution < 1.29 is 47.0 Å². The standard InChI is InChI=1S/C52H53F2N9O8/c1-70-44-26-37-40(55-19-14-43(37)71-35-8-6-34(7-9-35)57-51(69)52(17-18-52)50(68)56-33-4-2-32(53)3-5-33)27-42(44)62-20-15-31(16-21-62)28-60-22-24-61(25-23-60)30-46(65)58-47-38-29-63(41-12-13-45(64)59-48(41)66)49(67)36(38)10-11-39(47)54/h2-11,14,19,26-27,31,41H,12-13,15-18,20-25,28-30H2,1H3,(H,56,68)(H,57,69)(H,58,65)(H,59,64,66)/t41-/m0/s1. The Bertz CT molecular complexity index is 2920. The Morgan fingerprint density at radius 3 is 2.13 bits per heavy atom. The minimum atomic E-state index is -1.19. The summed E-state index contributed by atoms with van der Waals surface area (Å²) < 4.78 is 40.8. The quantitative estimate of drug-likeness (QED) is 0.0761. The molecule has 1 saturated carbocycles. The van der Waals surface area contributed by atoms with E-state index in [0.717, 1.165) is 68.2 Å². The second kappa shape index (κ2) is 19.7. The van der Waals surface area contributed by atoms with Gasteiger partial charge in [0.25, 0.3) is 5.91 Å². The minimum Gasteiger partial charge on any atom is -0.495 e. The Kier molecular flexibility index (Phi) is 13.1. The molecule has 4 fully saturated rings. The zero-order valence-corrected chi connectivity index (χ0v) is 39.1. The van der Waals surface area contributed by atoms with Gasteiger partial charge in [0.1, 0.15) is 40.3 Å². The maximum absolute atomic E-state index is 15.2. The first-order valence-corrected chi connectivity index (χ1v) is 23.9. The van der Waals surface area contributed by atoms with E-state index >= 15 is 4.39 Å². The van der Waals surface area contributed by atoms with Gasteiger partial charge in [-0.3, -0.25) is 44.0 Å². The topological polar surface area (TPSA) is 195 Å². The molecule has 19 heteroatoms. The highest BCUT2D eigenvalue weighted by molar-refractivity contribution is 6.17. The summed E-state index contributed by atoms with van der Waals surface area (Å²) in [6, 6.07) is 19.7. The van der Waals surface area contributed by atoms with Crippen LogP contribution >= 0.6 is 0 Å². The maximum Gasteiger partial charge on any atom is 0.255 e. The number of hydrogen-bond donors (Lipinski definition) is 4. The van der Waals surface area contributed by atoms with Gasteiger partial charge in [0, 0.05) is 92.9 Å². The van der Waals surface area contributed by atoms with Crippen molar-refractivity contribution in [2.75, 3.05) is 80.3 Å². The number of carbonyl (C=O) groups is 6. The molecule has 17 nitrogen and oxygen atoms in total. The number of hydrogen-bond acceptors (Lipinski definition) is 12. The second-order valence-electron chi connectivity index (χ2n) is 18.9. The Morgan fingerprint density at radius 2 is 1.46 bits per heavy atom. The SMILES string of the molecule is COc1cc2c(Oc3ccc(NC(=O)C4(C(=O)Nc5ccc(F)cc5)CC4)cc3)ccnc2cc1N1CCC(CN2CCN(CC(=O)Nc3c(F)ccc4c3CN([C@H]3CCC(=O)NC3=O)C4=O)CC2)CC1. The summed E-state index contributed by atoms with van der Waals surface area (Å²) in [7, 11) is 1.65. The number of nitrogens with zero attached hydrogens (tertiary/aromatic N) is 5. The Labute approximate surface area is 407 Å². The number of fused-ring (bicyclic) bond motifs is 2. The van der Waals surface area contributed by atoms with E-state index < -0.39 is 52.6 Å². The van der Waals surface area contributed by atoms with Gasteiger partial charge < -0.3 is 40.1 Å². The average Bonchev–Trinajstić information content (AvgIpc) is 4.13. The lowest BCUT2D eigenvalue weighted by Crippen LogP contribution is -2.52. The number of ether oxygens (including phenoxy) is 2. The van der Waals surface area contributed by atoms with Gasteiger partial charge in [0.2, 0.25) is 29.5 Å². The van der Waals surface area contributed by atoms with Crippen LogP contribution < -0.4 is 35.6 Å². The molecule has 0 bridgehead atoms. The summed E-state index contributed by atoms with van der Waals surface area (Å²) in [5.74, 6) is -1.40. The minimum absolute atomic E-state index is 0.0467. The van der Waals surface area contributed by atoms with Crippen LogP contribution in [-0.2, 0) is 30.5 Å². The van der Waals surface area contributed by atoms with Crippen LogP contribution in [0.4, 0.5) is 31.5 Å². The van der Waals surface area contributed by atoms with E-state index in [9.17, 15) is 33.2 Å². The van der Waals surface area contributed by atoms with Crippen LogP contribution in [0.15, 0.2) is 85.1 Å². The molecule has 71 heavy (non-hydrogen) atoms. The molecule has 4 N–H and O–H groups in total. The number of nitrogens with one attached hydrogen (secondary N) is 4. The fraction of sp³-hybridized carbons (Fsp3) is 0.365. The lowest BCUT2D eigenvalue weighted by molar-refractivity contribution is -0.137. The maximum atomic E-state index is 15.2. The van der Waals surface area contributed by atoms with Gasteiger partial charge in [-0.05, 0) is 117 Å². The molecule has 6 amide bonds. The van der Waals surface area contributed by atoms with Gasteiger partial charge in [-0.2, -0.15) is 0 Å². The average molecular weight is 970 g/mol. The Balaban J connectivity index is 0.690. The fourth-order valence-electron chi connectivity index (χ4n) is 10.1. The molecular weight excluding hydrogens is 917 g/mol. The molecular formula is C52H53F2N9O8. The van der Waals surface area contributed by atoms with Crippen molar-refractivity contribution in [1.82, 2.24) is 25.0 Å². The largest absolute Gasteiger partial charge is 0.495 e. The second-order valence-corrected chi connectivity index (χ2v) is 18.9. The number of methoxy groups -OCH3 is 1. The highest BCUT2D eigenvalue weighted by Gasteiger charge is 2.56. The van der Waals surface area contributed by atoms with E-state index in [1.54, 1.807) is 43.6 Å². The summed E-state index contributed by atoms with van der Waals surface area (Å²) in [5.41, 5.74) is 1.93. The van der Waals surface area contributed by atoms with Gasteiger partial charge in [0.15, 0.2) is 0 Å². The van der Waals surface area contributed by atoms with E-state index in [1.165, 1.54) is 35.2 Å². The first-order valence-electron chi connectivity index (χ1n) is 23.9. The van der Waals surface area contributed by atoms with Crippen molar-refractivity contribution >= 4 is 69.1 Å². The third-order valence-electron chi connectivity index (χ3n) is 14.3. The van der Waals surface area contributed by atoms with Crippen LogP contribution in [-0.4, -0.2) is 121 Å². The zero-order chi connectivity index (χ0) is 49.4. The number of imide groups is 1. The predicted octanol–water partition coefficient (Wildman–Crippen LogP) is 5.91. The van der Waals surface area contributed by atoms with Crippen molar-refractivity contribution in [1.29, 1.82) is 0 Å². The summed E-state index contributed by atoms with van der Waals surface area (Å²) in [5, 5.41) is 11.3. The monoisotopic (exact) mass is 969 g/mol. The van der Waals surface area contributed by atoms with Crippen LogP contribution in [0.3, 0.4) is 0 Å². The molecule has 3 saturated heterocycles. The molecule has 4 aromatic carbocycles. The number of carbonyl (C=O) groups excluding carboxylic acids is 6. The molecule has 0 radical (unpaired) electrons. The normalized spacial score (nSPS) is 19.3. The predicted molar refractivity (Wildman–Crippen MR) is 259 cm³/mol. The van der Waals surface area contributed by atoms with Crippen molar-refractivity contribution in [3.8, 4) is 17.2 Å². The molecule has 0 spiro atoms. The van der Waals surface area contributed by atoms with Gasteiger partial charge in [-0.15, -0.1) is 0 Å². The number of piperazine rings is 1. The lowest BCUT2D eigenvalue weighted by Gasteiger charge is -2.39. The summed E-state index contributed by atoms with van der Waals surface area (Å²) in [4.78, 5) is 89.8. The number of rotatable bonds is 14. The first kappa shape index (κ1) is 47.2. The van der Waals surface area contributed by atoms with Crippen LogP contribution in [0.5, 0.6) is 17.2 Å². The van der Waals surface area contributed by atoms with Crippen LogP contribution in [0.25, 0.3) is 10.9 Å². The number of anilines is 4. The number of aromatic nitrogens is 1. The molecule has 368 valence electrons. The van der Waals surface area contributed by atoms with E-state index in [-0.39, 0.29) is 43.1 Å².